The average Bonchev–Trinajstić information content (AvgIpc) is 3.26. The highest BCUT2D eigenvalue weighted by atomic mass is 16.5. The van der Waals surface area contributed by atoms with E-state index in [9.17, 15) is 0 Å². The lowest BCUT2D eigenvalue weighted by atomic mass is 9.81. The maximum absolute atomic E-state index is 6.32. The van der Waals surface area contributed by atoms with Gasteiger partial charge < -0.3 is 15.0 Å². The fourth-order valence-electron chi connectivity index (χ4n) is 6.51. The van der Waals surface area contributed by atoms with Crippen LogP contribution < -0.4 is 15.0 Å². The second-order valence-corrected chi connectivity index (χ2v) is 11.6. The minimum absolute atomic E-state index is 0.0216. The fourth-order valence-corrected chi connectivity index (χ4v) is 6.51. The van der Waals surface area contributed by atoms with E-state index in [2.05, 4.69) is 139 Å². The highest BCUT2D eigenvalue weighted by molar-refractivity contribution is 5.88. The van der Waals surface area contributed by atoms with Gasteiger partial charge in [-0.1, -0.05) is 92.7 Å². The molecule has 0 fully saturated rings. The van der Waals surface area contributed by atoms with Gasteiger partial charge in [-0.2, -0.15) is 0 Å². The van der Waals surface area contributed by atoms with Crippen molar-refractivity contribution >= 4 is 28.4 Å². The molecule has 0 bridgehead atoms. The normalized spacial score (nSPS) is 13.8. The van der Waals surface area contributed by atoms with E-state index >= 15 is 0 Å². The van der Waals surface area contributed by atoms with E-state index in [1.807, 2.05) is 24.3 Å². The van der Waals surface area contributed by atoms with E-state index in [-0.39, 0.29) is 5.41 Å². The Morgan fingerprint density at radius 3 is 2.14 bits per heavy atom. The van der Waals surface area contributed by atoms with E-state index in [4.69, 9.17) is 4.74 Å². The quantitative estimate of drug-likeness (QED) is 0.239. The second-order valence-electron chi connectivity index (χ2n) is 11.6. The van der Waals surface area contributed by atoms with Crippen molar-refractivity contribution in [1.29, 1.82) is 0 Å². The molecule has 3 nitrogen and oxygen atoms in total. The van der Waals surface area contributed by atoms with Crippen LogP contribution in [0.1, 0.15) is 25.0 Å². The van der Waals surface area contributed by atoms with Gasteiger partial charge in [-0.15, -0.1) is 0 Å². The van der Waals surface area contributed by atoms with Crippen LogP contribution in [0.25, 0.3) is 22.3 Å². The summed E-state index contributed by atoms with van der Waals surface area (Å²) in [5.41, 5.74) is 13.0. The van der Waals surface area contributed by atoms with Crippen molar-refractivity contribution in [1.82, 2.24) is 0 Å². The monoisotopic (exact) mass is 542 g/mol. The van der Waals surface area contributed by atoms with Gasteiger partial charge in [0.2, 0.25) is 0 Å². The smallest absolute Gasteiger partial charge is 0.151 e. The van der Waals surface area contributed by atoms with Gasteiger partial charge in [0.05, 0.1) is 11.4 Å². The Morgan fingerprint density at radius 1 is 0.524 bits per heavy atom. The third-order valence-corrected chi connectivity index (χ3v) is 8.61. The molecule has 202 valence electrons. The minimum atomic E-state index is -0.0216. The SMILES string of the molecule is CC1(C)c2ccccc2-c2ccc(-c3cccc(Nc4ccc5c(c4)N(c4ccccc4)c4ccccc4O5)c3)cc21. The minimum Gasteiger partial charge on any atom is -0.453 e. The Morgan fingerprint density at radius 2 is 1.24 bits per heavy atom. The molecule has 0 amide bonds. The summed E-state index contributed by atoms with van der Waals surface area (Å²) < 4.78 is 6.32. The number of fused-ring (bicyclic) bond motifs is 5. The van der Waals surface area contributed by atoms with Crippen molar-refractivity contribution in [3.63, 3.8) is 0 Å². The van der Waals surface area contributed by atoms with Gasteiger partial charge in [0.1, 0.15) is 0 Å². The number of ether oxygens (including phenoxy) is 1. The van der Waals surface area contributed by atoms with Gasteiger partial charge in [0, 0.05) is 22.5 Å². The molecule has 0 radical (unpaired) electrons. The number of benzene rings is 6. The molecule has 1 aliphatic heterocycles. The van der Waals surface area contributed by atoms with E-state index in [0.717, 1.165) is 39.9 Å². The van der Waals surface area contributed by atoms with Gasteiger partial charge in [-0.25, -0.2) is 0 Å². The molecule has 0 saturated heterocycles. The molecule has 6 aromatic carbocycles. The predicted molar refractivity (Wildman–Crippen MR) is 174 cm³/mol. The number of anilines is 5. The van der Waals surface area contributed by atoms with Gasteiger partial charge in [-0.05, 0) is 94.0 Å². The molecular weight excluding hydrogens is 512 g/mol. The Kier molecular flexibility index (Phi) is 5.48. The lowest BCUT2D eigenvalue weighted by Gasteiger charge is -2.33. The van der Waals surface area contributed by atoms with Crippen LogP contribution in [0.15, 0.2) is 140 Å². The molecule has 1 heterocycles. The highest BCUT2D eigenvalue weighted by Gasteiger charge is 2.35. The van der Waals surface area contributed by atoms with Crippen LogP contribution in [-0.4, -0.2) is 0 Å². The zero-order valence-corrected chi connectivity index (χ0v) is 23.6. The molecule has 6 aromatic rings. The Labute approximate surface area is 246 Å². The highest BCUT2D eigenvalue weighted by Crippen LogP contribution is 2.52. The van der Waals surface area contributed by atoms with Crippen molar-refractivity contribution in [3.05, 3.63) is 151 Å². The molecule has 0 atom stereocenters. The van der Waals surface area contributed by atoms with Crippen LogP contribution in [0.2, 0.25) is 0 Å². The first-order valence-electron chi connectivity index (χ1n) is 14.4. The third-order valence-electron chi connectivity index (χ3n) is 8.61. The molecule has 42 heavy (non-hydrogen) atoms. The van der Waals surface area contributed by atoms with Crippen LogP contribution in [-0.2, 0) is 5.41 Å². The second kappa shape index (κ2) is 9.39. The van der Waals surface area contributed by atoms with Gasteiger partial charge in [0.25, 0.3) is 0 Å². The summed E-state index contributed by atoms with van der Waals surface area (Å²) in [5, 5.41) is 3.66. The third kappa shape index (κ3) is 3.89. The standard InChI is InChI=1S/C39H30N2O/c1-39(2)33-16-7-6-15-31(33)32-21-19-27(24-34(32)39)26-11-10-12-28(23-26)40-29-20-22-38-36(25-29)41(30-13-4-3-5-14-30)35-17-8-9-18-37(35)42-38/h3-25,40H,1-2H3. The maximum Gasteiger partial charge on any atom is 0.151 e. The number of hydrogen-bond acceptors (Lipinski definition) is 3. The number of hydrogen-bond donors (Lipinski definition) is 1. The summed E-state index contributed by atoms with van der Waals surface area (Å²) in [4.78, 5) is 2.26. The summed E-state index contributed by atoms with van der Waals surface area (Å²) in [6, 6.07) is 49.3. The summed E-state index contributed by atoms with van der Waals surface area (Å²) in [6.07, 6.45) is 0. The molecule has 0 saturated carbocycles. The van der Waals surface area contributed by atoms with Gasteiger partial charge >= 0.3 is 0 Å². The summed E-state index contributed by atoms with van der Waals surface area (Å²) in [6.45, 7) is 4.66. The molecule has 0 unspecified atom stereocenters. The molecule has 1 N–H and O–H groups in total. The van der Waals surface area contributed by atoms with Crippen LogP contribution in [0.3, 0.4) is 0 Å². The first kappa shape index (κ1) is 24.5. The zero-order valence-electron chi connectivity index (χ0n) is 23.6. The number of para-hydroxylation sites is 3. The molecular formula is C39H30N2O. The molecule has 2 aliphatic rings. The summed E-state index contributed by atoms with van der Waals surface area (Å²) in [7, 11) is 0. The average molecular weight is 543 g/mol. The van der Waals surface area contributed by atoms with E-state index < -0.39 is 0 Å². The van der Waals surface area contributed by atoms with Crippen LogP contribution >= 0.6 is 0 Å². The van der Waals surface area contributed by atoms with Crippen LogP contribution in [0.4, 0.5) is 28.4 Å². The summed E-state index contributed by atoms with van der Waals surface area (Å²) >= 11 is 0. The lowest BCUT2D eigenvalue weighted by Crippen LogP contribution is -2.15. The fraction of sp³-hybridized carbons (Fsp3) is 0.0769. The molecule has 3 heteroatoms. The summed E-state index contributed by atoms with van der Waals surface area (Å²) in [5.74, 6) is 1.68. The molecule has 1 aliphatic carbocycles. The zero-order chi connectivity index (χ0) is 28.3. The van der Waals surface area contributed by atoms with Gasteiger partial charge in [-0.3, -0.25) is 0 Å². The first-order chi connectivity index (χ1) is 20.6. The Hall–Kier alpha value is -5.28. The van der Waals surface area contributed by atoms with E-state index in [1.54, 1.807) is 0 Å². The molecule has 8 rings (SSSR count). The Bertz CT molecular complexity index is 1980. The Balaban J connectivity index is 1.13. The number of rotatable bonds is 4. The lowest BCUT2D eigenvalue weighted by molar-refractivity contribution is 0.477. The molecule has 0 aromatic heterocycles. The largest absolute Gasteiger partial charge is 0.453 e. The van der Waals surface area contributed by atoms with E-state index in [1.165, 1.54) is 33.4 Å². The number of nitrogens with one attached hydrogen (secondary N) is 1. The van der Waals surface area contributed by atoms with Crippen molar-refractivity contribution in [2.45, 2.75) is 19.3 Å². The maximum atomic E-state index is 6.32. The van der Waals surface area contributed by atoms with Gasteiger partial charge in [0.15, 0.2) is 11.5 Å². The first-order valence-corrected chi connectivity index (χ1v) is 14.4. The van der Waals surface area contributed by atoms with E-state index in [0.29, 0.717) is 0 Å². The predicted octanol–water partition coefficient (Wildman–Crippen LogP) is 11.0. The topological polar surface area (TPSA) is 24.5 Å². The van der Waals surface area contributed by atoms with Crippen molar-refractivity contribution in [2.24, 2.45) is 0 Å². The molecule has 0 spiro atoms. The van der Waals surface area contributed by atoms with Crippen LogP contribution in [0.5, 0.6) is 11.5 Å². The van der Waals surface area contributed by atoms with Crippen molar-refractivity contribution in [2.75, 3.05) is 10.2 Å². The van der Waals surface area contributed by atoms with Crippen molar-refractivity contribution in [3.8, 4) is 33.8 Å². The van der Waals surface area contributed by atoms with Crippen molar-refractivity contribution < 1.29 is 4.74 Å². The number of nitrogens with zero attached hydrogens (tertiary/aromatic N) is 1. The van der Waals surface area contributed by atoms with Crippen LogP contribution in [0, 0.1) is 0 Å².